The van der Waals surface area contributed by atoms with Gasteiger partial charge in [0.05, 0.1) is 5.69 Å². The van der Waals surface area contributed by atoms with Crippen LogP contribution in [0.25, 0.3) is 0 Å². The minimum atomic E-state index is -0.360. The maximum atomic E-state index is 14.2. The van der Waals surface area contributed by atoms with Gasteiger partial charge in [-0.25, -0.2) is 4.39 Å². The third-order valence-corrected chi connectivity index (χ3v) is 4.65. The van der Waals surface area contributed by atoms with E-state index in [-0.39, 0.29) is 17.0 Å². The second-order valence-electron chi connectivity index (χ2n) is 6.80. The SMILES string of the molecule is CC(C)CC1(C(=O)c2cc(F)c3c(c2)CCN3)CCNC1. The lowest BCUT2D eigenvalue weighted by Gasteiger charge is -2.29. The molecule has 1 aromatic carbocycles. The van der Waals surface area contributed by atoms with Gasteiger partial charge in [0, 0.05) is 24.1 Å². The molecule has 21 heavy (non-hydrogen) atoms. The maximum Gasteiger partial charge on any atom is 0.170 e. The van der Waals surface area contributed by atoms with E-state index in [1.165, 1.54) is 6.07 Å². The molecule has 2 aliphatic heterocycles. The summed E-state index contributed by atoms with van der Waals surface area (Å²) in [6.07, 6.45) is 2.50. The first-order chi connectivity index (χ1) is 10.0. The van der Waals surface area contributed by atoms with Gasteiger partial charge < -0.3 is 10.6 Å². The van der Waals surface area contributed by atoms with Crippen LogP contribution in [0, 0.1) is 17.2 Å². The number of carbonyl (C=O) groups is 1. The predicted octanol–water partition coefficient (Wildman–Crippen LogP) is 3.00. The van der Waals surface area contributed by atoms with Gasteiger partial charge in [-0.1, -0.05) is 13.8 Å². The Bertz CT molecular complexity index is 562. The normalized spacial score (nSPS) is 24.2. The number of halogens is 1. The Morgan fingerprint density at radius 3 is 2.86 bits per heavy atom. The topological polar surface area (TPSA) is 41.1 Å². The van der Waals surface area contributed by atoms with Crippen LogP contribution in [0.1, 0.15) is 42.6 Å². The average molecular weight is 290 g/mol. The van der Waals surface area contributed by atoms with E-state index < -0.39 is 0 Å². The lowest BCUT2D eigenvalue weighted by atomic mass is 9.73. The fourth-order valence-corrected chi connectivity index (χ4v) is 3.80. The smallest absolute Gasteiger partial charge is 0.170 e. The molecule has 1 atom stereocenters. The lowest BCUT2D eigenvalue weighted by molar-refractivity contribution is 0.0781. The highest BCUT2D eigenvalue weighted by atomic mass is 19.1. The maximum absolute atomic E-state index is 14.2. The van der Waals surface area contributed by atoms with Crippen LogP contribution >= 0.6 is 0 Å². The van der Waals surface area contributed by atoms with Crippen LogP contribution in [0.2, 0.25) is 0 Å². The summed E-state index contributed by atoms with van der Waals surface area (Å²) in [5, 5.41) is 6.36. The van der Waals surface area contributed by atoms with Gasteiger partial charge in [-0.15, -0.1) is 0 Å². The summed E-state index contributed by atoms with van der Waals surface area (Å²) < 4.78 is 14.2. The van der Waals surface area contributed by atoms with Gasteiger partial charge in [0.15, 0.2) is 5.78 Å². The molecule has 3 rings (SSSR count). The summed E-state index contributed by atoms with van der Waals surface area (Å²) >= 11 is 0. The van der Waals surface area contributed by atoms with E-state index in [1.54, 1.807) is 0 Å². The predicted molar refractivity (Wildman–Crippen MR) is 82.3 cm³/mol. The highest BCUT2D eigenvalue weighted by Crippen LogP contribution is 2.38. The molecule has 0 bridgehead atoms. The molecule has 2 heterocycles. The van der Waals surface area contributed by atoms with Crippen LogP contribution in [0.15, 0.2) is 12.1 Å². The van der Waals surface area contributed by atoms with Crippen molar-refractivity contribution < 1.29 is 9.18 Å². The van der Waals surface area contributed by atoms with Crippen LogP contribution in [-0.2, 0) is 6.42 Å². The number of hydrogen-bond acceptors (Lipinski definition) is 3. The van der Waals surface area contributed by atoms with Crippen molar-refractivity contribution in [2.75, 3.05) is 25.0 Å². The number of benzene rings is 1. The van der Waals surface area contributed by atoms with E-state index in [4.69, 9.17) is 0 Å². The lowest BCUT2D eigenvalue weighted by Crippen LogP contribution is -2.35. The molecule has 1 fully saturated rings. The number of carbonyl (C=O) groups excluding carboxylic acids is 1. The number of anilines is 1. The van der Waals surface area contributed by atoms with Gasteiger partial charge >= 0.3 is 0 Å². The summed E-state index contributed by atoms with van der Waals surface area (Å²) in [5.41, 5.74) is 1.69. The van der Waals surface area contributed by atoms with Crippen molar-refractivity contribution in [3.05, 3.63) is 29.1 Å². The Morgan fingerprint density at radius 1 is 1.38 bits per heavy atom. The van der Waals surface area contributed by atoms with Crippen LogP contribution in [0.4, 0.5) is 10.1 Å². The summed E-state index contributed by atoms with van der Waals surface area (Å²) in [7, 11) is 0. The van der Waals surface area contributed by atoms with Gasteiger partial charge in [-0.2, -0.15) is 0 Å². The van der Waals surface area contributed by atoms with Gasteiger partial charge in [0.2, 0.25) is 0 Å². The standard InChI is InChI=1S/C17H23FN2O/c1-11(2)9-17(4-6-19-10-17)16(21)13-7-12-3-5-20-15(12)14(18)8-13/h7-8,11,19-20H,3-6,9-10H2,1-2H3. The molecule has 0 aliphatic carbocycles. The average Bonchev–Trinajstić information content (AvgIpc) is 3.06. The zero-order valence-corrected chi connectivity index (χ0v) is 12.8. The highest BCUT2D eigenvalue weighted by molar-refractivity contribution is 6.01. The molecule has 2 aliphatic rings. The third-order valence-electron chi connectivity index (χ3n) is 4.65. The molecule has 4 heteroatoms. The molecular formula is C17H23FN2O. The van der Waals surface area contributed by atoms with Crippen LogP contribution in [-0.4, -0.2) is 25.4 Å². The molecule has 3 nitrogen and oxygen atoms in total. The Kier molecular flexibility index (Phi) is 3.74. The first kappa shape index (κ1) is 14.5. The second kappa shape index (κ2) is 5.41. The van der Waals surface area contributed by atoms with Crippen molar-refractivity contribution in [2.45, 2.75) is 33.1 Å². The Labute approximate surface area is 125 Å². The molecule has 0 spiro atoms. The minimum Gasteiger partial charge on any atom is -0.382 e. The molecule has 1 unspecified atom stereocenters. The number of ketones is 1. The zero-order chi connectivity index (χ0) is 15.0. The van der Waals surface area contributed by atoms with Crippen molar-refractivity contribution in [1.29, 1.82) is 0 Å². The van der Waals surface area contributed by atoms with E-state index in [0.717, 1.165) is 37.9 Å². The quantitative estimate of drug-likeness (QED) is 0.838. The van der Waals surface area contributed by atoms with Gasteiger partial charge in [-0.05, 0) is 49.4 Å². The molecule has 2 N–H and O–H groups in total. The number of nitrogens with one attached hydrogen (secondary N) is 2. The van der Waals surface area contributed by atoms with Gasteiger partial charge in [-0.3, -0.25) is 4.79 Å². The molecule has 1 saturated heterocycles. The van der Waals surface area contributed by atoms with Gasteiger partial charge in [0.1, 0.15) is 5.82 Å². The minimum absolute atomic E-state index is 0.106. The summed E-state index contributed by atoms with van der Waals surface area (Å²) in [6, 6.07) is 3.31. The number of hydrogen-bond donors (Lipinski definition) is 2. The second-order valence-corrected chi connectivity index (χ2v) is 6.80. The highest BCUT2D eigenvalue weighted by Gasteiger charge is 2.42. The molecule has 114 valence electrons. The van der Waals surface area contributed by atoms with Crippen molar-refractivity contribution in [2.24, 2.45) is 11.3 Å². The molecule has 0 radical (unpaired) electrons. The Hall–Kier alpha value is -1.42. The third kappa shape index (κ3) is 2.57. The molecule has 1 aromatic rings. The van der Waals surface area contributed by atoms with E-state index >= 15 is 0 Å². The monoisotopic (exact) mass is 290 g/mol. The Morgan fingerprint density at radius 2 is 2.19 bits per heavy atom. The van der Waals surface area contributed by atoms with Crippen LogP contribution in [0.5, 0.6) is 0 Å². The number of rotatable bonds is 4. The summed E-state index contributed by atoms with van der Waals surface area (Å²) in [4.78, 5) is 13.0. The first-order valence-electron chi connectivity index (χ1n) is 7.84. The first-order valence-corrected chi connectivity index (χ1v) is 7.84. The fourth-order valence-electron chi connectivity index (χ4n) is 3.80. The largest absolute Gasteiger partial charge is 0.382 e. The van der Waals surface area contributed by atoms with E-state index in [0.29, 0.717) is 23.7 Å². The molecular weight excluding hydrogens is 267 g/mol. The molecule has 0 saturated carbocycles. The van der Waals surface area contributed by atoms with Crippen molar-refractivity contribution in [3.63, 3.8) is 0 Å². The molecule has 0 amide bonds. The number of fused-ring (bicyclic) bond motifs is 1. The number of Topliss-reactive ketones (excluding diaryl/α,β-unsaturated/α-hetero) is 1. The van der Waals surface area contributed by atoms with Crippen molar-refractivity contribution in [3.8, 4) is 0 Å². The Balaban J connectivity index is 1.95. The summed E-state index contributed by atoms with van der Waals surface area (Å²) in [6.45, 7) is 6.61. The van der Waals surface area contributed by atoms with Crippen molar-refractivity contribution >= 4 is 11.5 Å². The van der Waals surface area contributed by atoms with Crippen LogP contribution < -0.4 is 10.6 Å². The van der Waals surface area contributed by atoms with E-state index in [2.05, 4.69) is 24.5 Å². The van der Waals surface area contributed by atoms with E-state index in [1.807, 2.05) is 6.07 Å². The van der Waals surface area contributed by atoms with E-state index in [9.17, 15) is 9.18 Å². The summed E-state index contributed by atoms with van der Waals surface area (Å²) in [5.74, 6) is 0.267. The van der Waals surface area contributed by atoms with Crippen LogP contribution in [0.3, 0.4) is 0 Å². The fraction of sp³-hybridized carbons (Fsp3) is 0.588. The van der Waals surface area contributed by atoms with Crippen molar-refractivity contribution in [1.82, 2.24) is 5.32 Å². The molecule has 0 aromatic heterocycles. The zero-order valence-electron chi connectivity index (χ0n) is 12.8. The van der Waals surface area contributed by atoms with Gasteiger partial charge in [0.25, 0.3) is 0 Å².